The maximum absolute atomic E-state index is 12.6. The maximum atomic E-state index is 12.6. The van der Waals surface area contributed by atoms with Gasteiger partial charge in [0.1, 0.15) is 6.26 Å². The van der Waals surface area contributed by atoms with E-state index in [1.807, 2.05) is 0 Å². The number of rotatable bonds is 5. The highest BCUT2D eigenvalue weighted by Gasteiger charge is 2.29. The molecule has 0 bridgehead atoms. The van der Waals surface area contributed by atoms with Crippen LogP contribution in [0.3, 0.4) is 0 Å². The number of carbonyl (C=O) groups excluding carboxylic acids is 3. The van der Waals surface area contributed by atoms with Crippen molar-refractivity contribution in [1.82, 2.24) is 10.2 Å². The zero-order valence-corrected chi connectivity index (χ0v) is 15.5. The number of likely N-dealkylation sites (tertiary alicyclic amines) is 1. The van der Waals surface area contributed by atoms with E-state index in [2.05, 4.69) is 10.6 Å². The van der Waals surface area contributed by atoms with E-state index < -0.39 is 0 Å². The summed E-state index contributed by atoms with van der Waals surface area (Å²) in [6, 6.07) is 8.67. The van der Waals surface area contributed by atoms with Crippen LogP contribution in [0.4, 0.5) is 5.69 Å². The van der Waals surface area contributed by atoms with E-state index in [9.17, 15) is 14.4 Å². The highest BCUT2D eigenvalue weighted by molar-refractivity contribution is 5.98. The Balaban J connectivity index is 1.29. The second kappa shape index (κ2) is 7.88. The number of furan rings is 1. The molecule has 1 aliphatic heterocycles. The van der Waals surface area contributed by atoms with Gasteiger partial charge in [0.15, 0.2) is 0 Å². The maximum Gasteiger partial charge on any atom is 0.257 e. The molecule has 0 radical (unpaired) electrons. The molecular formula is C21H23N3O4. The summed E-state index contributed by atoms with van der Waals surface area (Å²) < 4.78 is 4.97. The summed E-state index contributed by atoms with van der Waals surface area (Å²) in [6.45, 7) is 1.18. The van der Waals surface area contributed by atoms with Gasteiger partial charge in [0.2, 0.25) is 5.91 Å². The van der Waals surface area contributed by atoms with Crippen molar-refractivity contribution in [3.8, 4) is 0 Å². The summed E-state index contributed by atoms with van der Waals surface area (Å²) >= 11 is 0. The van der Waals surface area contributed by atoms with Gasteiger partial charge in [-0.1, -0.05) is 6.07 Å². The summed E-state index contributed by atoms with van der Waals surface area (Å²) in [6.07, 6.45) is 6.22. The predicted octanol–water partition coefficient (Wildman–Crippen LogP) is 2.66. The predicted molar refractivity (Wildman–Crippen MR) is 103 cm³/mol. The number of nitrogens with one attached hydrogen (secondary N) is 2. The normalized spacial score (nSPS) is 17.2. The Labute approximate surface area is 163 Å². The lowest BCUT2D eigenvalue weighted by atomic mass is 10.0. The first kappa shape index (κ1) is 18.3. The molecule has 2 fully saturated rings. The van der Waals surface area contributed by atoms with Gasteiger partial charge < -0.3 is 20.0 Å². The van der Waals surface area contributed by atoms with E-state index in [0.717, 1.165) is 12.8 Å². The van der Waals surface area contributed by atoms with E-state index in [-0.39, 0.29) is 29.7 Å². The SMILES string of the molecule is O=C(NC1CCN(C(=O)c2ccoc2)CC1)c1cccc(NC(=O)C2CC2)c1. The molecule has 2 heterocycles. The number of amides is 3. The van der Waals surface area contributed by atoms with Crippen LogP contribution in [0.1, 0.15) is 46.4 Å². The monoisotopic (exact) mass is 381 g/mol. The summed E-state index contributed by atoms with van der Waals surface area (Å²) in [7, 11) is 0. The van der Waals surface area contributed by atoms with Crippen LogP contribution in [-0.2, 0) is 4.79 Å². The Morgan fingerprint density at radius 1 is 1.00 bits per heavy atom. The zero-order valence-electron chi connectivity index (χ0n) is 15.5. The van der Waals surface area contributed by atoms with Crippen LogP contribution in [0.25, 0.3) is 0 Å². The molecule has 1 aliphatic carbocycles. The minimum atomic E-state index is -0.165. The number of hydrogen-bond donors (Lipinski definition) is 2. The molecule has 1 saturated carbocycles. The number of carbonyl (C=O) groups is 3. The zero-order chi connectivity index (χ0) is 19.5. The molecule has 3 amide bonds. The number of hydrogen-bond acceptors (Lipinski definition) is 4. The Hall–Kier alpha value is -3.09. The van der Waals surface area contributed by atoms with E-state index >= 15 is 0 Å². The summed E-state index contributed by atoms with van der Waals surface area (Å²) in [5.41, 5.74) is 1.71. The van der Waals surface area contributed by atoms with Gasteiger partial charge >= 0.3 is 0 Å². The molecule has 2 N–H and O–H groups in total. The van der Waals surface area contributed by atoms with Gasteiger partial charge in [-0.15, -0.1) is 0 Å². The van der Waals surface area contributed by atoms with E-state index in [0.29, 0.717) is 42.7 Å². The fourth-order valence-electron chi connectivity index (χ4n) is 3.39. The lowest BCUT2D eigenvalue weighted by molar-refractivity contribution is -0.117. The summed E-state index contributed by atoms with van der Waals surface area (Å²) in [5.74, 6) is -0.0700. The molecule has 7 nitrogen and oxygen atoms in total. The minimum Gasteiger partial charge on any atom is -0.472 e. The van der Waals surface area contributed by atoms with Gasteiger partial charge in [0, 0.05) is 36.3 Å². The second-order valence-corrected chi connectivity index (χ2v) is 7.40. The van der Waals surface area contributed by atoms with Crippen molar-refractivity contribution in [2.45, 2.75) is 31.7 Å². The molecule has 0 atom stereocenters. The van der Waals surface area contributed by atoms with Crippen molar-refractivity contribution in [3.05, 3.63) is 54.0 Å². The average Bonchev–Trinajstić information content (AvgIpc) is 3.43. The quantitative estimate of drug-likeness (QED) is 0.833. The first-order valence-corrected chi connectivity index (χ1v) is 9.63. The molecule has 2 aromatic rings. The van der Waals surface area contributed by atoms with Crippen LogP contribution >= 0.6 is 0 Å². The minimum absolute atomic E-state index is 0.0191. The topological polar surface area (TPSA) is 91.7 Å². The second-order valence-electron chi connectivity index (χ2n) is 7.40. The van der Waals surface area contributed by atoms with Crippen LogP contribution < -0.4 is 10.6 Å². The molecule has 1 aromatic heterocycles. The third kappa shape index (κ3) is 4.24. The lowest BCUT2D eigenvalue weighted by Gasteiger charge is -2.32. The van der Waals surface area contributed by atoms with Crippen LogP contribution in [0.2, 0.25) is 0 Å². The van der Waals surface area contributed by atoms with Gasteiger partial charge in [0.25, 0.3) is 11.8 Å². The molecule has 146 valence electrons. The van der Waals surface area contributed by atoms with Crippen molar-refractivity contribution in [1.29, 1.82) is 0 Å². The Morgan fingerprint density at radius 3 is 2.46 bits per heavy atom. The molecule has 7 heteroatoms. The van der Waals surface area contributed by atoms with Gasteiger partial charge in [-0.3, -0.25) is 14.4 Å². The highest BCUT2D eigenvalue weighted by atomic mass is 16.3. The van der Waals surface area contributed by atoms with Crippen LogP contribution in [0.15, 0.2) is 47.3 Å². The van der Waals surface area contributed by atoms with Gasteiger partial charge in [0.05, 0.1) is 11.8 Å². The molecule has 1 aromatic carbocycles. The summed E-state index contributed by atoms with van der Waals surface area (Å²) in [5, 5.41) is 5.90. The molecule has 0 spiro atoms. The first-order chi connectivity index (χ1) is 13.6. The van der Waals surface area contributed by atoms with Crippen LogP contribution in [-0.4, -0.2) is 41.8 Å². The molecular weight excluding hydrogens is 358 g/mol. The van der Waals surface area contributed by atoms with E-state index in [1.165, 1.54) is 12.5 Å². The van der Waals surface area contributed by atoms with Crippen LogP contribution in [0, 0.1) is 5.92 Å². The van der Waals surface area contributed by atoms with Crippen molar-refractivity contribution in [3.63, 3.8) is 0 Å². The Bertz CT molecular complexity index is 866. The molecule has 1 saturated heterocycles. The first-order valence-electron chi connectivity index (χ1n) is 9.63. The van der Waals surface area contributed by atoms with Gasteiger partial charge in [-0.25, -0.2) is 0 Å². The largest absolute Gasteiger partial charge is 0.472 e. The van der Waals surface area contributed by atoms with E-state index in [1.54, 1.807) is 35.2 Å². The Kier molecular flexibility index (Phi) is 5.14. The number of piperidine rings is 1. The van der Waals surface area contributed by atoms with Crippen molar-refractivity contribution < 1.29 is 18.8 Å². The number of anilines is 1. The Morgan fingerprint density at radius 2 is 1.79 bits per heavy atom. The standard InChI is InChI=1S/C21H23N3O4/c25-19(14-4-5-14)23-18-3-1-2-15(12-18)20(26)22-17-6-9-24(10-7-17)21(27)16-8-11-28-13-16/h1-3,8,11-14,17H,4-7,9-10H2,(H,22,26)(H,23,25). The van der Waals surface area contributed by atoms with Crippen molar-refractivity contribution in [2.75, 3.05) is 18.4 Å². The molecule has 4 rings (SSSR count). The van der Waals surface area contributed by atoms with Crippen molar-refractivity contribution in [2.24, 2.45) is 5.92 Å². The number of benzene rings is 1. The summed E-state index contributed by atoms with van der Waals surface area (Å²) in [4.78, 5) is 38.6. The molecule has 2 aliphatic rings. The lowest BCUT2D eigenvalue weighted by Crippen LogP contribution is -2.46. The fourth-order valence-corrected chi connectivity index (χ4v) is 3.39. The van der Waals surface area contributed by atoms with Crippen molar-refractivity contribution >= 4 is 23.4 Å². The highest BCUT2D eigenvalue weighted by Crippen LogP contribution is 2.30. The third-order valence-electron chi connectivity index (χ3n) is 5.23. The third-order valence-corrected chi connectivity index (χ3v) is 5.23. The van der Waals surface area contributed by atoms with E-state index in [4.69, 9.17) is 4.42 Å². The van der Waals surface area contributed by atoms with Crippen LogP contribution in [0.5, 0.6) is 0 Å². The fraction of sp³-hybridized carbons (Fsp3) is 0.381. The average molecular weight is 381 g/mol. The molecule has 28 heavy (non-hydrogen) atoms. The smallest absolute Gasteiger partial charge is 0.257 e. The van der Waals surface area contributed by atoms with Gasteiger partial charge in [-0.2, -0.15) is 0 Å². The molecule has 0 unspecified atom stereocenters. The van der Waals surface area contributed by atoms with Gasteiger partial charge in [-0.05, 0) is 49.9 Å². The number of nitrogens with zero attached hydrogens (tertiary/aromatic N) is 1.